The minimum Gasteiger partial charge on any atom is -0.386 e. The molecule has 0 saturated carbocycles. The molecule has 32 heavy (non-hydrogen) atoms. The molecular weight excluding hydrogens is 534 g/mol. The van der Waals surface area contributed by atoms with Crippen molar-refractivity contribution >= 4 is 28.5 Å². The Morgan fingerprint density at radius 2 is 1.81 bits per heavy atom. The van der Waals surface area contributed by atoms with Crippen molar-refractivity contribution in [2.45, 2.75) is 24.9 Å². The van der Waals surface area contributed by atoms with Gasteiger partial charge in [0.05, 0.1) is 13.1 Å². The average molecular weight is 553 g/mol. The van der Waals surface area contributed by atoms with E-state index in [0.717, 1.165) is 6.07 Å². The monoisotopic (exact) mass is 553 g/mol. The van der Waals surface area contributed by atoms with Crippen molar-refractivity contribution in [2.75, 3.05) is 13.1 Å². The summed E-state index contributed by atoms with van der Waals surface area (Å²) >= 11 is 1.95. The summed E-state index contributed by atoms with van der Waals surface area (Å²) in [7, 11) is 0. The molecule has 1 saturated heterocycles. The van der Waals surface area contributed by atoms with E-state index >= 15 is 0 Å². The van der Waals surface area contributed by atoms with Gasteiger partial charge in [-0.05, 0) is 64.9 Å². The van der Waals surface area contributed by atoms with Crippen LogP contribution in [0.15, 0.2) is 48.8 Å². The highest BCUT2D eigenvalue weighted by Crippen LogP contribution is 2.30. The van der Waals surface area contributed by atoms with E-state index in [1.54, 1.807) is 24.5 Å². The number of aryl methyl sites for hydroxylation is 1. The third-order valence-corrected chi connectivity index (χ3v) is 6.17. The zero-order valence-electron chi connectivity index (χ0n) is 16.9. The summed E-state index contributed by atoms with van der Waals surface area (Å²) in [4.78, 5) is 22.6. The molecule has 1 aliphatic rings. The average Bonchev–Trinajstić information content (AvgIpc) is 2.75. The molecule has 1 N–H and O–H groups in total. The summed E-state index contributed by atoms with van der Waals surface area (Å²) in [5.74, 6) is -2.78. The van der Waals surface area contributed by atoms with E-state index in [9.17, 15) is 23.1 Å². The fraction of sp³-hybridized carbons (Fsp3) is 0.261. The first-order valence-corrected chi connectivity index (χ1v) is 11.0. The second kappa shape index (κ2) is 9.14. The number of halogens is 4. The molecule has 0 radical (unpaired) electrons. The zero-order chi connectivity index (χ0) is 22.9. The predicted octanol–water partition coefficient (Wildman–Crippen LogP) is 3.91. The van der Waals surface area contributed by atoms with Crippen LogP contribution >= 0.6 is 22.6 Å². The number of carbonyl (C=O) groups is 1. The van der Waals surface area contributed by atoms with Crippen molar-refractivity contribution in [2.24, 2.45) is 0 Å². The minimum absolute atomic E-state index is 0.0460. The highest BCUT2D eigenvalue weighted by atomic mass is 127. The van der Waals surface area contributed by atoms with Gasteiger partial charge in [0.15, 0.2) is 11.6 Å². The molecule has 0 spiro atoms. The number of β-amino-alcohol motifs (C(OH)–C–C–N with tert-alkyl or cyclic N) is 1. The van der Waals surface area contributed by atoms with E-state index in [-0.39, 0.29) is 36.2 Å². The van der Waals surface area contributed by atoms with Crippen LogP contribution in [0.2, 0.25) is 0 Å². The standard InChI is InChI=1S/C23H19F3IN3O2/c24-18-5-4-16(17(21(18)26)10-14-2-3-15(27)11-19(14)25)22(31)30-12-23(32,13-30)7-6-20-28-8-1-9-29-20/h1-5,8-9,11,32H,6-7,10,12-13H2. The maximum atomic E-state index is 14.6. The molecule has 2 aromatic carbocycles. The molecular formula is C23H19F3IN3O2. The van der Waals surface area contributed by atoms with Crippen LogP contribution in [0.3, 0.4) is 0 Å². The van der Waals surface area contributed by atoms with Crippen molar-refractivity contribution in [3.8, 4) is 0 Å². The molecule has 2 heterocycles. The smallest absolute Gasteiger partial charge is 0.254 e. The highest BCUT2D eigenvalue weighted by molar-refractivity contribution is 14.1. The first-order valence-electron chi connectivity index (χ1n) is 9.94. The number of nitrogens with zero attached hydrogens (tertiary/aromatic N) is 3. The maximum absolute atomic E-state index is 14.6. The van der Waals surface area contributed by atoms with Gasteiger partial charge in [-0.15, -0.1) is 0 Å². The largest absolute Gasteiger partial charge is 0.386 e. The Balaban J connectivity index is 1.50. The number of aliphatic hydroxyl groups is 1. The van der Waals surface area contributed by atoms with E-state index in [0.29, 0.717) is 22.2 Å². The van der Waals surface area contributed by atoms with Gasteiger partial charge in [-0.25, -0.2) is 23.1 Å². The van der Waals surface area contributed by atoms with Crippen molar-refractivity contribution in [1.29, 1.82) is 0 Å². The van der Waals surface area contributed by atoms with Crippen LogP contribution in [0.5, 0.6) is 0 Å². The Hall–Kier alpha value is -2.53. The molecule has 0 atom stereocenters. The SMILES string of the molecule is O=C(c1ccc(F)c(F)c1Cc1ccc(I)cc1F)N1CC(O)(CCc2ncccn2)C1. The van der Waals surface area contributed by atoms with Gasteiger partial charge in [-0.3, -0.25) is 4.79 Å². The van der Waals surface area contributed by atoms with Crippen molar-refractivity contribution in [3.05, 3.63) is 92.3 Å². The normalized spacial score (nSPS) is 14.8. The van der Waals surface area contributed by atoms with Crippen LogP contribution < -0.4 is 0 Å². The number of amides is 1. The van der Waals surface area contributed by atoms with Crippen LogP contribution in [0.1, 0.15) is 33.7 Å². The first-order chi connectivity index (χ1) is 15.3. The maximum Gasteiger partial charge on any atom is 0.254 e. The van der Waals surface area contributed by atoms with Crippen LogP contribution in [-0.2, 0) is 12.8 Å². The number of carbonyl (C=O) groups excluding carboxylic acids is 1. The zero-order valence-corrected chi connectivity index (χ0v) is 19.0. The number of likely N-dealkylation sites (tertiary alicyclic amines) is 1. The molecule has 1 aromatic heterocycles. The van der Waals surface area contributed by atoms with Crippen molar-refractivity contribution in [1.82, 2.24) is 14.9 Å². The highest BCUT2D eigenvalue weighted by Gasteiger charge is 2.44. The second-order valence-electron chi connectivity index (χ2n) is 7.85. The molecule has 1 aliphatic heterocycles. The summed E-state index contributed by atoms with van der Waals surface area (Å²) in [6.45, 7) is 0.101. The van der Waals surface area contributed by atoms with Crippen molar-refractivity contribution < 1.29 is 23.1 Å². The number of hydrogen-bond acceptors (Lipinski definition) is 4. The van der Waals surface area contributed by atoms with Gasteiger partial charge in [0.25, 0.3) is 5.91 Å². The molecule has 1 amide bonds. The Morgan fingerprint density at radius 3 is 2.50 bits per heavy atom. The fourth-order valence-electron chi connectivity index (χ4n) is 3.76. The van der Waals surface area contributed by atoms with E-state index in [1.807, 2.05) is 22.6 Å². The lowest BCUT2D eigenvalue weighted by molar-refractivity contribution is -0.0857. The molecule has 0 bridgehead atoms. The third-order valence-electron chi connectivity index (χ3n) is 5.50. The van der Waals surface area contributed by atoms with Crippen LogP contribution in [0, 0.1) is 21.0 Å². The van der Waals surface area contributed by atoms with Gasteiger partial charge in [0, 0.05) is 39.9 Å². The minimum atomic E-state index is -1.18. The molecule has 166 valence electrons. The molecule has 1 fully saturated rings. The lowest BCUT2D eigenvalue weighted by atomic mass is 9.87. The fourth-order valence-corrected chi connectivity index (χ4v) is 4.21. The summed E-state index contributed by atoms with van der Waals surface area (Å²) in [6.07, 6.45) is 3.77. The van der Waals surface area contributed by atoms with Gasteiger partial charge in [0.1, 0.15) is 17.2 Å². The number of rotatable bonds is 6. The summed E-state index contributed by atoms with van der Waals surface area (Å²) < 4.78 is 43.5. The van der Waals surface area contributed by atoms with Gasteiger partial charge < -0.3 is 10.0 Å². The summed E-state index contributed by atoms with van der Waals surface area (Å²) in [5, 5.41) is 10.7. The number of hydrogen-bond donors (Lipinski definition) is 1. The molecule has 3 aromatic rings. The Bertz CT molecular complexity index is 1150. The quantitative estimate of drug-likeness (QED) is 0.471. The topological polar surface area (TPSA) is 66.3 Å². The second-order valence-corrected chi connectivity index (χ2v) is 9.10. The lowest BCUT2D eigenvalue weighted by Crippen LogP contribution is -2.63. The predicted molar refractivity (Wildman–Crippen MR) is 119 cm³/mol. The first kappa shape index (κ1) is 22.7. The van der Waals surface area contributed by atoms with E-state index < -0.39 is 29.0 Å². The van der Waals surface area contributed by atoms with Crippen LogP contribution in [-0.4, -0.2) is 44.6 Å². The van der Waals surface area contributed by atoms with E-state index in [2.05, 4.69) is 9.97 Å². The van der Waals surface area contributed by atoms with Crippen molar-refractivity contribution in [3.63, 3.8) is 0 Å². The van der Waals surface area contributed by atoms with Gasteiger partial charge in [-0.2, -0.15) is 0 Å². The Morgan fingerprint density at radius 1 is 1.09 bits per heavy atom. The molecule has 4 rings (SSSR count). The molecule has 0 unspecified atom stereocenters. The lowest BCUT2D eigenvalue weighted by Gasteiger charge is -2.46. The van der Waals surface area contributed by atoms with Crippen LogP contribution in [0.25, 0.3) is 0 Å². The summed E-state index contributed by atoms with van der Waals surface area (Å²) in [6, 6.07) is 8.22. The number of benzene rings is 2. The van der Waals surface area contributed by atoms with Gasteiger partial charge in [0.2, 0.25) is 0 Å². The number of aromatic nitrogens is 2. The van der Waals surface area contributed by atoms with Crippen LogP contribution in [0.4, 0.5) is 13.2 Å². The Labute approximate surface area is 196 Å². The third kappa shape index (κ3) is 4.78. The van der Waals surface area contributed by atoms with E-state index in [1.165, 1.54) is 23.1 Å². The molecule has 0 aliphatic carbocycles. The van der Waals surface area contributed by atoms with Gasteiger partial charge >= 0.3 is 0 Å². The van der Waals surface area contributed by atoms with E-state index in [4.69, 9.17) is 0 Å². The summed E-state index contributed by atoms with van der Waals surface area (Å²) in [5.41, 5.74) is -1.19. The molecule has 9 heteroatoms. The molecule has 5 nitrogen and oxygen atoms in total. The van der Waals surface area contributed by atoms with Gasteiger partial charge in [-0.1, -0.05) is 6.07 Å². The Kier molecular flexibility index (Phi) is 6.47.